The molecule has 0 aromatic rings. The smallest absolute Gasteiger partial charge is 0.188 e. The summed E-state index contributed by atoms with van der Waals surface area (Å²) in [5.74, 6) is 0.382. The molecule has 0 bridgehead atoms. The standard InChI is InChI=1S/2C5H12N4.H2O4S/c2*6-5(7)9-3-1-8-2-4-9;1-5(2,3)4/h2*8H,1-4H2,(H3,6,7);(H2,1,2,3,4)/p-2. The number of hydrogen-bond acceptors (Lipinski definition) is 8. The Bertz CT molecular complexity index is 423. The lowest BCUT2D eigenvalue weighted by Crippen LogP contribution is -2.48. The zero-order valence-corrected chi connectivity index (χ0v) is 13.6. The van der Waals surface area contributed by atoms with Crippen molar-refractivity contribution >= 4 is 22.3 Å². The molecule has 0 unspecified atom stereocenters. The van der Waals surface area contributed by atoms with Crippen molar-refractivity contribution in [3.8, 4) is 0 Å². The van der Waals surface area contributed by atoms with E-state index in [4.69, 9.17) is 39.8 Å². The second-order valence-electron chi connectivity index (χ2n) is 4.65. The highest BCUT2D eigenvalue weighted by Crippen LogP contribution is 1.88. The fourth-order valence-electron chi connectivity index (χ4n) is 1.81. The monoisotopic (exact) mass is 352 g/mol. The maximum Gasteiger partial charge on any atom is 0.188 e. The molecule has 0 radical (unpaired) electrons. The largest absolute Gasteiger partial charge is 0.759 e. The quantitative estimate of drug-likeness (QED) is 0.108. The van der Waals surface area contributed by atoms with Crippen LogP contribution in [0.1, 0.15) is 0 Å². The molecule has 0 aromatic carbocycles. The van der Waals surface area contributed by atoms with Crippen LogP contribution in [0.2, 0.25) is 0 Å². The minimum Gasteiger partial charge on any atom is -0.759 e. The summed E-state index contributed by atoms with van der Waals surface area (Å²) in [6.07, 6.45) is 0. The third kappa shape index (κ3) is 13.7. The Morgan fingerprint density at radius 2 is 1.04 bits per heavy atom. The lowest BCUT2D eigenvalue weighted by Gasteiger charge is -2.27. The molecule has 2 rings (SSSR count). The van der Waals surface area contributed by atoms with Gasteiger partial charge in [0.15, 0.2) is 11.9 Å². The molecule has 0 aliphatic carbocycles. The Balaban J connectivity index is 0.000000332. The Labute approximate surface area is 135 Å². The van der Waals surface area contributed by atoms with Gasteiger partial charge in [0.05, 0.1) is 0 Å². The van der Waals surface area contributed by atoms with Crippen molar-refractivity contribution in [2.24, 2.45) is 11.5 Å². The van der Waals surface area contributed by atoms with E-state index in [0.29, 0.717) is 0 Å². The molecule has 8 N–H and O–H groups in total. The van der Waals surface area contributed by atoms with Gasteiger partial charge in [-0.15, -0.1) is 0 Å². The van der Waals surface area contributed by atoms with Gasteiger partial charge in [0, 0.05) is 62.8 Å². The number of nitrogens with zero attached hydrogens (tertiary/aromatic N) is 2. The Morgan fingerprint density at radius 1 is 0.826 bits per heavy atom. The van der Waals surface area contributed by atoms with Crippen molar-refractivity contribution in [1.29, 1.82) is 10.8 Å². The first-order valence-electron chi connectivity index (χ1n) is 6.87. The SMILES string of the molecule is N=C(N)N1CCNCC1.N=C(N)N1CCNCC1.O=S(=O)([O-])[O-]. The Hall–Kier alpha value is -1.67. The van der Waals surface area contributed by atoms with Crippen molar-refractivity contribution in [1.82, 2.24) is 20.4 Å². The zero-order chi connectivity index (χ0) is 17.9. The third-order valence-electron chi connectivity index (χ3n) is 2.92. The molecule has 12 nitrogen and oxygen atoms in total. The lowest BCUT2D eigenvalue weighted by atomic mass is 10.4. The van der Waals surface area contributed by atoms with Crippen LogP contribution in [0, 0.1) is 10.8 Å². The number of rotatable bonds is 0. The molecule has 0 aromatic heterocycles. The van der Waals surface area contributed by atoms with Crippen LogP contribution in [0.15, 0.2) is 0 Å². The van der Waals surface area contributed by atoms with Crippen molar-refractivity contribution in [3.05, 3.63) is 0 Å². The van der Waals surface area contributed by atoms with Crippen LogP contribution in [0.5, 0.6) is 0 Å². The van der Waals surface area contributed by atoms with Gasteiger partial charge in [-0.1, -0.05) is 0 Å². The van der Waals surface area contributed by atoms with Crippen LogP contribution < -0.4 is 22.1 Å². The van der Waals surface area contributed by atoms with Gasteiger partial charge in [0.2, 0.25) is 0 Å². The predicted octanol–water partition coefficient (Wildman–Crippen LogP) is -3.77. The summed E-state index contributed by atoms with van der Waals surface area (Å²) in [7, 11) is -5.17. The van der Waals surface area contributed by atoms with E-state index < -0.39 is 10.4 Å². The fourth-order valence-corrected chi connectivity index (χ4v) is 1.81. The minimum absolute atomic E-state index is 0.191. The number of hydrogen-bond donors (Lipinski definition) is 6. The molecule has 13 heteroatoms. The molecule has 2 fully saturated rings. The highest BCUT2D eigenvalue weighted by atomic mass is 32.3. The van der Waals surface area contributed by atoms with E-state index in [9.17, 15) is 0 Å². The summed E-state index contributed by atoms with van der Waals surface area (Å²) in [5, 5.41) is 20.5. The molecule has 0 atom stereocenters. The van der Waals surface area contributed by atoms with Crippen LogP contribution in [0.3, 0.4) is 0 Å². The second kappa shape index (κ2) is 11.0. The Morgan fingerprint density at radius 3 is 1.17 bits per heavy atom. The van der Waals surface area contributed by atoms with Gasteiger partial charge >= 0.3 is 0 Å². The molecule has 0 amide bonds. The molecule has 23 heavy (non-hydrogen) atoms. The van der Waals surface area contributed by atoms with E-state index in [2.05, 4.69) is 10.6 Å². The molecule has 2 saturated heterocycles. The van der Waals surface area contributed by atoms with Gasteiger partial charge in [-0.05, 0) is 0 Å². The minimum atomic E-state index is -5.17. The predicted molar refractivity (Wildman–Crippen MR) is 83.2 cm³/mol. The van der Waals surface area contributed by atoms with E-state index >= 15 is 0 Å². The summed E-state index contributed by atoms with van der Waals surface area (Å²) >= 11 is 0. The van der Waals surface area contributed by atoms with Gasteiger partial charge in [0.25, 0.3) is 0 Å². The number of guanidine groups is 2. The van der Waals surface area contributed by atoms with E-state index in [0.717, 1.165) is 52.4 Å². The van der Waals surface area contributed by atoms with E-state index in [1.54, 1.807) is 0 Å². The molecular formula is C10H24N8O4S-2. The topological polar surface area (TPSA) is 211 Å². The summed E-state index contributed by atoms with van der Waals surface area (Å²) in [5.41, 5.74) is 10.5. The van der Waals surface area contributed by atoms with Gasteiger partial charge in [-0.2, -0.15) is 0 Å². The van der Waals surface area contributed by atoms with Crippen molar-refractivity contribution in [3.63, 3.8) is 0 Å². The molecule has 2 heterocycles. The average Bonchev–Trinajstić information content (AvgIpc) is 2.48. The van der Waals surface area contributed by atoms with Crippen molar-refractivity contribution in [2.75, 3.05) is 52.4 Å². The highest BCUT2D eigenvalue weighted by molar-refractivity contribution is 7.79. The Kier molecular flexibility index (Phi) is 10.2. The zero-order valence-electron chi connectivity index (χ0n) is 12.7. The molecule has 0 spiro atoms. The molecular weight excluding hydrogens is 328 g/mol. The third-order valence-corrected chi connectivity index (χ3v) is 2.92. The average molecular weight is 352 g/mol. The van der Waals surface area contributed by atoms with Gasteiger partial charge in [0.1, 0.15) is 0 Å². The van der Waals surface area contributed by atoms with Crippen LogP contribution in [0.25, 0.3) is 0 Å². The summed E-state index contributed by atoms with van der Waals surface area (Å²) in [6.45, 7) is 7.26. The maximum absolute atomic E-state index is 8.52. The van der Waals surface area contributed by atoms with Crippen molar-refractivity contribution in [2.45, 2.75) is 0 Å². The summed E-state index contributed by atoms with van der Waals surface area (Å²) in [6, 6.07) is 0. The van der Waals surface area contributed by atoms with Gasteiger partial charge in [-0.25, -0.2) is 0 Å². The van der Waals surface area contributed by atoms with Crippen LogP contribution >= 0.6 is 0 Å². The summed E-state index contributed by atoms with van der Waals surface area (Å²) in [4.78, 5) is 3.72. The van der Waals surface area contributed by atoms with Crippen LogP contribution in [-0.4, -0.2) is 91.6 Å². The fraction of sp³-hybridized carbons (Fsp3) is 0.800. The lowest BCUT2D eigenvalue weighted by molar-refractivity contribution is 0.352. The van der Waals surface area contributed by atoms with E-state index in [-0.39, 0.29) is 11.9 Å². The highest BCUT2D eigenvalue weighted by Gasteiger charge is 2.09. The first kappa shape index (κ1) is 21.3. The molecule has 2 aliphatic heterocycles. The van der Waals surface area contributed by atoms with Gasteiger partial charge in [-0.3, -0.25) is 19.2 Å². The number of nitrogens with two attached hydrogens (primary N) is 2. The first-order valence-corrected chi connectivity index (χ1v) is 8.20. The molecule has 136 valence electrons. The molecule has 2 aliphatic rings. The normalized spacial score (nSPS) is 18.0. The van der Waals surface area contributed by atoms with E-state index in [1.807, 2.05) is 9.80 Å². The van der Waals surface area contributed by atoms with Crippen molar-refractivity contribution < 1.29 is 17.5 Å². The summed E-state index contributed by atoms with van der Waals surface area (Å²) < 4.78 is 34.1. The first-order chi connectivity index (χ1) is 10.6. The van der Waals surface area contributed by atoms with E-state index in [1.165, 1.54) is 0 Å². The number of piperazine rings is 2. The molecule has 0 saturated carbocycles. The van der Waals surface area contributed by atoms with Crippen LogP contribution in [0.4, 0.5) is 0 Å². The second-order valence-corrected chi connectivity index (χ2v) is 5.47. The van der Waals surface area contributed by atoms with Crippen LogP contribution in [-0.2, 0) is 10.4 Å². The maximum atomic E-state index is 8.52. The van der Waals surface area contributed by atoms with Gasteiger partial charge < -0.3 is 41.0 Å². The number of nitrogens with one attached hydrogen (secondary N) is 4.